The molecule has 1 rings (SSSR count). The standard InChI is InChI=1S/C14H20N2O5S/c1-2-3-10-22(20,21)16-9-8-15-13(17)11-6-4-5-7-12(11)14(18)19/h4-7,16H,2-3,8-10H2,1H3,(H,15,17)(H,18,19). The van der Waals surface area contributed by atoms with Gasteiger partial charge in [-0.3, -0.25) is 4.79 Å². The highest BCUT2D eigenvalue weighted by Crippen LogP contribution is 2.08. The monoisotopic (exact) mass is 328 g/mol. The number of carbonyl (C=O) groups is 2. The molecule has 0 aliphatic carbocycles. The van der Waals surface area contributed by atoms with E-state index < -0.39 is 21.9 Å². The highest BCUT2D eigenvalue weighted by molar-refractivity contribution is 7.89. The number of amides is 1. The van der Waals surface area contributed by atoms with E-state index in [2.05, 4.69) is 10.0 Å². The van der Waals surface area contributed by atoms with Crippen molar-refractivity contribution in [2.75, 3.05) is 18.8 Å². The summed E-state index contributed by atoms with van der Waals surface area (Å²) in [6, 6.07) is 5.84. The number of aromatic carboxylic acids is 1. The molecule has 0 spiro atoms. The molecule has 0 heterocycles. The summed E-state index contributed by atoms with van der Waals surface area (Å²) in [5.74, 6) is -1.68. The molecule has 0 radical (unpaired) electrons. The molecule has 0 bridgehead atoms. The Kier molecular flexibility index (Phi) is 7.00. The molecule has 7 nitrogen and oxygen atoms in total. The first kappa shape index (κ1) is 18.1. The van der Waals surface area contributed by atoms with E-state index >= 15 is 0 Å². The van der Waals surface area contributed by atoms with E-state index in [0.29, 0.717) is 6.42 Å². The number of sulfonamides is 1. The van der Waals surface area contributed by atoms with Crippen molar-refractivity contribution in [2.45, 2.75) is 19.8 Å². The fourth-order valence-electron chi connectivity index (χ4n) is 1.75. The van der Waals surface area contributed by atoms with E-state index in [1.54, 1.807) is 6.07 Å². The van der Waals surface area contributed by atoms with Gasteiger partial charge in [0.1, 0.15) is 0 Å². The van der Waals surface area contributed by atoms with E-state index in [4.69, 9.17) is 5.11 Å². The van der Waals surface area contributed by atoms with E-state index in [9.17, 15) is 18.0 Å². The second kappa shape index (κ2) is 8.50. The van der Waals surface area contributed by atoms with E-state index in [0.717, 1.165) is 6.42 Å². The zero-order chi connectivity index (χ0) is 16.6. The molecule has 3 N–H and O–H groups in total. The largest absolute Gasteiger partial charge is 0.478 e. The molecule has 8 heteroatoms. The third-order valence-electron chi connectivity index (χ3n) is 2.90. The summed E-state index contributed by atoms with van der Waals surface area (Å²) in [4.78, 5) is 22.9. The Morgan fingerprint density at radius 3 is 2.36 bits per heavy atom. The summed E-state index contributed by atoms with van der Waals surface area (Å²) in [5.41, 5.74) is -0.0487. The molecule has 1 amide bonds. The molecule has 0 aromatic heterocycles. The fraction of sp³-hybridized carbons (Fsp3) is 0.429. The summed E-state index contributed by atoms with van der Waals surface area (Å²) in [6.45, 7) is 2.04. The van der Waals surface area contributed by atoms with Crippen LogP contribution < -0.4 is 10.0 Å². The van der Waals surface area contributed by atoms with E-state index in [-0.39, 0.29) is 30.0 Å². The second-order valence-corrected chi connectivity index (χ2v) is 6.60. The third kappa shape index (κ3) is 5.82. The topological polar surface area (TPSA) is 113 Å². The number of carboxylic acid groups (broad SMARTS) is 1. The van der Waals surface area contributed by atoms with Crippen LogP contribution in [0.2, 0.25) is 0 Å². The van der Waals surface area contributed by atoms with Gasteiger partial charge in [0.2, 0.25) is 10.0 Å². The number of carboxylic acids is 1. The zero-order valence-electron chi connectivity index (χ0n) is 12.3. The van der Waals surface area contributed by atoms with Crippen molar-refractivity contribution < 1.29 is 23.1 Å². The van der Waals surface area contributed by atoms with Crippen molar-refractivity contribution in [1.82, 2.24) is 10.0 Å². The van der Waals surface area contributed by atoms with Crippen molar-refractivity contribution in [2.24, 2.45) is 0 Å². The van der Waals surface area contributed by atoms with Gasteiger partial charge in [0.25, 0.3) is 5.91 Å². The number of benzene rings is 1. The Morgan fingerprint density at radius 1 is 1.14 bits per heavy atom. The van der Waals surface area contributed by atoms with Gasteiger partial charge in [0.05, 0.1) is 16.9 Å². The van der Waals surface area contributed by atoms with Gasteiger partial charge < -0.3 is 10.4 Å². The molecule has 1 aromatic carbocycles. The maximum absolute atomic E-state index is 11.9. The number of hydrogen-bond acceptors (Lipinski definition) is 4. The maximum atomic E-state index is 11.9. The summed E-state index contributed by atoms with van der Waals surface area (Å²) < 4.78 is 25.5. The van der Waals surface area contributed by atoms with Gasteiger partial charge in [0, 0.05) is 13.1 Å². The molecular formula is C14H20N2O5S. The highest BCUT2D eigenvalue weighted by Gasteiger charge is 2.15. The van der Waals surface area contributed by atoms with Gasteiger partial charge in [-0.1, -0.05) is 25.5 Å². The van der Waals surface area contributed by atoms with Crippen molar-refractivity contribution >= 4 is 21.9 Å². The van der Waals surface area contributed by atoms with Gasteiger partial charge in [-0.05, 0) is 18.6 Å². The van der Waals surface area contributed by atoms with Gasteiger partial charge in [0.15, 0.2) is 0 Å². The fourth-order valence-corrected chi connectivity index (χ4v) is 2.98. The predicted octanol–water partition coefficient (Wildman–Crippen LogP) is 0.834. The van der Waals surface area contributed by atoms with Gasteiger partial charge in [-0.15, -0.1) is 0 Å². The first-order valence-electron chi connectivity index (χ1n) is 6.95. The molecule has 0 saturated heterocycles. The summed E-state index contributed by atoms with van der Waals surface area (Å²) >= 11 is 0. The first-order valence-corrected chi connectivity index (χ1v) is 8.60. The molecule has 0 atom stereocenters. The Labute approximate surface area is 129 Å². The Morgan fingerprint density at radius 2 is 1.77 bits per heavy atom. The third-order valence-corrected chi connectivity index (χ3v) is 4.37. The molecule has 22 heavy (non-hydrogen) atoms. The normalized spacial score (nSPS) is 11.1. The average molecular weight is 328 g/mol. The number of unbranched alkanes of at least 4 members (excludes halogenated alkanes) is 1. The molecule has 0 saturated carbocycles. The van der Waals surface area contributed by atoms with Crippen molar-refractivity contribution in [3.8, 4) is 0 Å². The molecule has 1 aromatic rings. The van der Waals surface area contributed by atoms with Crippen LogP contribution in [0.5, 0.6) is 0 Å². The van der Waals surface area contributed by atoms with Gasteiger partial charge >= 0.3 is 5.97 Å². The van der Waals surface area contributed by atoms with Crippen molar-refractivity contribution in [1.29, 1.82) is 0 Å². The van der Waals surface area contributed by atoms with Crippen LogP contribution in [0.4, 0.5) is 0 Å². The summed E-state index contributed by atoms with van der Waals surface area (Å²) in [5, 5.41) is 11.5. The second-order valence-electron chi connectivity index (χ2n) is 4.67. The number of hydrogen-bond donors (Lipinski definition) is 3. The summed E-state index contributed by atoms with van der Waals surface area (Å²) in [6.07, 6.45) is 1.36. The molecule has 0 aliphatic heterocycles. The lowest BCUT2D eigenvalue weighted by Gasteiger charge is -2.09. The lowest BCUT2D eigenvalue weighted by molar-refractivity contribution is 0.0691. The zero-order valence-corrected chi connectivity index (χ0v) is 13.1. The van der Waals surface area contributed by atoms with Crippen LogP contribution in [-0.4, -0.2) is 44.2 Å². The van der Waals surface area contributed by atoms with Crippen LogP contribution in [0, 0.1) is 0 Å². The molecule has 122 valence electrons. The maximum Gasteiger partial charge on any atom is 0.336 e. The van der Waals surface area contributed by atoms with Crippen LogP contribution in [0.3, 0.4) is 0 Å². The number of rotatable bonds is 9. The minimum atomic E-state index is -3.32. The van der Waals surface area contributed by atoms with Crippen LogP contribution in [0.1, 0.15) is 40.5 Å². The number of nitrogens with one attached hydrogen (secondary N) is 2. The molecule has 0 unspecified atom stereocenters. The van der Waals surface area contributed by atoms with Crippen molar-refractivity contribution in [3.05, 3.63) is 35.4 Å². The van der Waals surface area contributed by atoms with Crippen LogP contribution in [0.25, 0.3) is 0 Å². The minimum absolute atomic E-state index is 0.0452. The Balaban J connectivity index is 2.49. The minimum Gasteiger partial charge on any atom is -0.478 e. The number of carbonyl (C=O) groups excluding carboxylic acids is 1. The first-order chi connectivity index (χ1) is 10.4. The highest BCUT2D eigenvalue weighted by atomic mass is 32.2. The van der Waals surface area contributed by atoms with Gasteiger partial charge in [-0.2, -0.15) is 0 Å². The van der Waals surface area contributed by atoms with Crippen molar-refractivity contribution in [3.63, 3.8) is 0 Å². The molecular weight excluding hydrogens is 308 g/mol. The predicted molar refractivity (Wildman–Crippen MR) is 82.4 cm³/mol. The smallest absolute Gasteiger partial charge is 0.336 e. The molecule has 0 fully saturated rings. The van der Waals surface area contributed by atoms with Crippen LogP contribution >= 0.6 is 0 Å². The Bertz CT molecular complexity index is 628. The SMILES string of the molecule is CCCCS(=O)(=O)NCCNC(=O)c1ccccc1C(=O)O. The average Bonchev–Trinajstić information content (AvgIpc) is 2.49. The lowest BCUT2D eigenvalue weighted by atomic mass is 10.1. The summed E-state index contributed by atoms with van der Waals surface area (Å²) in [7, 11) is -3.32. The van der Waals surface area contributed by atoms with E-state index in [1.807, 2.05) is 6.92 Å². The van der Waals surface area contributed by atoms with Crippen LogP contribution in [0.15, 0.2) is 24.3 Å². The quantitative estimate of drug-likeness (QED) is 0.581. The van der Waals surface area contributed by atoms with Gasteiger partial charge in [-0.25, -0.2) is 17.9 Å². The van der Waals surface area contributed by atoms with E-state index in [1.165, 1.54) is 18.2 Å². The van der Waals surface area contributed by atoms with Crippen LogP contribution in [-0.2, 0) is 10.0 Å². The Hall–Kier alpha value is -1.93. The lowest BCUT2D eigenvalue weighted by Crippen LogP contribution is -2.36. The molecule has 0 aliphatic rings.